The molecule has 5 heteroatoms. The Balaban J connectivity index is 2.10. The van der Waals surface area contributed by atoms with E-state index < -0.39 is 11.4 Å². The first-order valence-corrected chi connectivity index (χ1v) is 6.46. The number of carboxylic acids is 1. The van der Waals surface area contributed by atoms with Gasteiger partial charge in [0.15, 0.2) is 0 Å². The average Bonchev–Trinajstić information content (AvgIpc) is 2.88. The van der Waals surface area contributed by atoms with E-state index in [2.05, 4.69) is 4.98 Å². The van der Waals surface area contributed by atoms with Crippen LogP contribution in [0, 0.1) is 5.41 Å². The highest BCUT2D eigenvalue weighted by molar-refractivity contribution is 5.95. The van der Waals surface area contributed by atoms with Crippen LogP contribution in [0.2, 0.25) is 0 Å². The highest BCUT2D eigenvalue weighted by atomic mass is 16.4. The molecule has 0 aliphatic heterocycles. The number of aromatic nitrogens is 1. The molecule has 0 radical (unpaired) electrons. The Kier molecular flexibility index (Phi) is 3.83. The predicted molar refractivity (Wildman–Crippen MR) is 70.8 cm³/mol. The summed E-state index contributed by atoms with van der Waals surface area (Å²) in [5.74, 6) is -0.498. The highest BCUT2D eigenvalue weighted by Crippen LogP contribution is 2.41. The molecule has 1 heterocycles. The van der Waals surface area contributed by atoms with Crippen LogP contribution in [0.3, 0.4) is 0 Å². The smallest absolute Gasteiger partial charge is 0.310 e. The van der Waals surface area contributed by atoms with E-state index in [1.165, 1.54) is 4.90 Å². The molecule has 2 rings (SSSR count). The van der Waals surface area contributed by atoms with Crippen LogP contribution in [0.15, 0.2) is 24.4 Å². The van der Waals surface area contributed by atoms with Crippen molar-refractivity contribution in [2.75, 3.05) is 11.9 Å². The van der Waals surface area contributed by atoms with Crippen molar-refractivity contribution < 1.29 is 14.7 Å². The van der Waals surface area contributed by atoms with Gasteiger partial charge in [0, 0.05) is 19.7 Å². The van der Waals surface area contributed by atoms with E-state index in [1.54, 1.807) is 31.4 Å². The first-order chi connectivity index (χ1) is 9.05. The van der Waals surface area contributed by atoms with Crippen LogP contribution >= 0.6 is 0 Å². The molecule has 0 spiro atoms. The minimum Gasteiger partial charge on any atom is -0.481 e. The molecule has 1 aliphatic rings. The first kappa shape index (κ1) is 13.5. The molecular weight excluding hydrogens is 244 g/mol. The van der Waals surface area contributed by atoms with Crippen LogP contribution in [0.4, 0.5) is 5.82 Å². The summed E-state index contributed by atoms with van der Waals surface area (Å²) < 4.78 is 0. The van der Waals surface area contributed by atoms with E-state index in [1.807, 2.05) is 0 Å². The maximum atomic E-state index is 12.2. The van der Waals surface area contributed by atoms with Crippen LogP contribution in [-0.4, -0.2) is 29.0 Å². The molecular formula is C14H18N2O3. The molecule has 1 amide bonds. The van der Waals surface area contributed by atoms with Crippen molar-refractivity contribution in [3.05, 3.63) is 24.4 Å². The molecule has 5 nitrogen and oxygen atoms in total. The molecule has 0 bridgehead atoms. The summed E-state index contributed by atoms with van der Waals surface area (Å²) in [5, 5.41) is 9.38. The molecule has 1 saturated carbocycles. The quantitative estimate of drug-likeness (QED) is 0.901. The number of pyridine rings is 1. The normalized spacial score (nSPS) is 17.1. The molecule has 1 N–H and O–H groups in total. The molecule has 1 aromatic rings. The second-order valence-electron chi connectivity index (χ2n) is 5.11. The summed E-state index contributed by atoms with van der Waals surface area (Å²) >= 11 is 0. The van der Waals surface area contributed by atoms with Gasteiger partial charge in [0.05, 0.1) is 5.41 Å². The number of aliphatic carboxylic acids is 1. The number of hydrogen-bond donors (Lipinski definition) is 1. The van der Waals surface area contributed by atoms with E-state index >= 15 is 0 Å². The topological polar surface area (TPSA) is 70.5 Å². The third-order valence-corrected chi connectivity index (χ3v) is 3.87. The van der Waals surface area contributed by atoms with E-state index in [9.17, 15) is 14.7 Å². The van der Waals surface area contributed by atoms with Crippen LogP contribution in [0.1, 0.15) is 32.1 Å². The van der Waals surface area contributed by atoms with Gasteiger partial charge in [0.1, 0.15) is 5.82 Å². The number of carbonyl (C=O) groups is 2. The van der Waals surface area contributed by atoms with Crippen LogP contribution < -0.4 is 4.90 Å². The third-order valence-electron chi connectivity index (χ3n) is 3.87. The van der Waals surface area contributed by atoms with Gasteiger partial charge in [-0.15, -0.1) is 0 Å². The fourth-order valence-electron chi connectivity index (χ4n) is 2.61. The Bertz CT molecular complexity index is 467. The number of hydrogen-bond acceptors (Lipinski definition) is 3. The second kappa shape index (κ2) is 5.38. The fraction of sp³-hybridized carbons (Fsp3) is 0.500. The Morgan fingerprint density at radius 1 is 1.37 bits per heavy atom. The molecule has 0 unspecified atom stereocenters. The Morgan fingerprint density at radius 2 is 2.05 bits per heavy atom. The number of carboxylic acid groups (broad SMARTS) is 1. The largest absolute Gasteiger partial charge is 0.481 e. The van der Waals surface area contributed by atoms with Crippen molar-refractivity contribution in [3.8, 4) is 0 Å². The lowest BCUT2D eigenvalue weighted by atomic mass is 9.82. The van der Waals surface area contributed by atoms with Gasteiger partial charge < -0.3 is 5.11 Å². The number of nitrogens with zero attached hydrogens (tertiary/aromatic N) is 2. The van der Waals surface area contributed by atoms with Crippen molar-refractivity contribution in [1.29, 1.82) is 0 Å². The molecule has 1 aliphatic carbocycles. The number of amides is 1. The highest BCUT2D eigenvalue weighted by Gasteiger charge is 2.43. The second-order valence-corrected chi connectivity index (χ2v) is 5.11. The number of rotatable bonds is 4. The molecule has 0 saturated heterocycles. The van der Waals surface area contributed by atoms with Crippen LogP contribution in [0.25, 0.3) is 0 Å². The number of carbonyl (C=O) groups excluding carboxylic acids is 1. The lowest BCUT2D eigenvalue weighted by molar-refractivity contribution is -0.151. The molecule has 1 aromatic heterocycles. The first-order valence-electron chi connectivity index (χ1n) is 6.46. The molecule has 102 valence electrons. The minimum absolute atomic E-state index is 0.0510. The monoisotopic (exact) mass is 262 g/mol. The van der Waals surface area contributed by atoms with E-state index in [0.29, 0.717) is 18.7 Å². The SMILES string of the molecule is CN(C(=O)CC1(C(=O)O)CCCC1)c1ccccn1. The van der Waals surface area contributed by atoms with Gasteiger partial charge in [-0.2, -0.15) is 0 Å². The Labute approximate surface area is 112 Å². The van der Waals surface area contributed by atoms with Crippen molar-refractivity contribution in [3.63, 3.8) is 0 Å². The van der Waals surface area contributed by atoms with Crippen LogP contribution in [0.5, 0.6) is 0 Å². The lowest BCUT2D eigenvalue weighted by Crippen LogP contribution is -2.37. The number of anilines is 1. The van der Waals surface area contributed by atoms with E-state index in [-0.39, 0.29) is 12.3 Å². The molecule has 0 aromatic carbocycles. The van der Waals surface area contributed by atoms with Gasteiger partial charge in [-0.1, -0.05) is 18.9 Å². The maximum Gasteiger partial charge on any atom is 0.310 e. The van der Waals surface area contributed by atoms with Crippen molar-refractivity contribution >= 4 is 17.7 Å². The summed E-state index contributed by atoms with van der Waals surface area (Å²) in [6, 6.07) is 5.31. The average molecular weight is 262 g/mol. The van der Waals surface area contributed by atoms with Crippen LogP contribution in [-0.2, 0) is 9.59 Å². The molecule has 0 atom stereocenters. The third kappa shape index (κ3) is 2.75. The summed E-state index contributed by atoms with van der Waals surface area (Å²) in [4.78, 5) is 29.2. The van der Waals surface area contributed by atoms with Gasteiger partial charge in [-0.25, -0.2) is 4.98 Å². The zero-order valence-corrected chi connectivity index (χ0v) is 11.0. The van der Waals surface area contributed by atoms with Crippen molar-refractivity contribution in [1.82, 2.24) is 4.98 Å². The van der Waals surface area contributed by atoms with Gasteiger partial charge in [0.25, 0.3) is 0 Å². The summed E-state index contributed by atoms with van der Waals surface area (Å²) in [7, 11) is 1.63. The van der Waals surface area contributed by atoms with Gasteiger partial charge in [0.2, 0.25) is 5.91 Å². The zero-order chi connectivity index (χ0) is 13.9. The zero-order valence-electron chi connectivity index (χ0n) is 11.0. The van der Waals surface area contributed by atoms with Gasteiger partial charge in [-0.05, 0) is 25.0 Å². The van der Waals surface area contributed by atoms with Crippen molar-refractivity contribution in [2.24, 2.45) is 5.41 Å². The summed E-state index contributed by atoms with van der Waals surface area (Å²) in [6.45, 7) is 0. The molecule has 1 fully saturated rings. The summed E-state index contributed by atoms with van der Waals surface area (Å²) in [6.07, 6.45) is 4.60. The van der Waals surface area contributed by atoms with Crippen molar-refractivity contribution in [2.45, 2.75) is 32.1 Å². The van der Waals surface area contributed by atoms with Gasteiger partial charge >= 0.3 is 5.97 Å². The maximum absolute atomic E-state index is 12.2. The fourth-order valence-corrected chi connectivity index (χ4v) is 2.61. The Morgan fingerprint density at radius 3 is 2.58 bits per heavy atom. The lowest BCUT2D eigenvalue weighted by Gasteiger charge is -2.25. The van der Waals surface area contributed by atoms with E-state index in [0.717, 1.165) is 12.8 Å². The standard InChI is InChI=1S/C14H18N2O3/c1-16(11-6-2-5-9-15-11)12(17)10-14(13(18)19)7-3-4-8-14/h2,5-6,9H,3-4,7-8,10H2,1H3,(H,18,19). The van der Waals surface area contributed by atoms with Gasteiger partial charge in [-0.3, -0.25) is 14.5 Å². The molecule has 19 heavy (non-hydrogen) atoms. The van der Waals surface area contributed by atoms with E-state index in [4.69, 9.17) is 0 Å². The predicted octanol–water partition coefficient (Wildman–Crippen LogP) is 2.08. The minimum atomic E-state index is -0.875. The Hall–Kier alpha value is -1.91. The summed E-state index contributed by atoms with van der Waals surface area (Å²) in [5.41, 5.74) is -0.875.